The van der Waals surface area contributed by atoms with Crippen LogP contribution >= 0.6 is 0 Å². The number of esters is 1. The molecule has 0 atom stereocenters. The number of carbonyl (C=O) groups is 1. The van der Waals surface area contributed by atoms with Gasteiger partial charge in [-0.2, -0.15) is 0 Å². The number of aliphatic hydroxyl groups is 1. The zero-order chi connectivity index (χ0) is 11.5. The van der Waals surface area contributed by atoms with Crippen molar-refractivity contribution < 1.29 is 14.6 Å². The fourth-order valence-corrected chi connectivity index (χ4v) is 2.27. The Balaban J connectivity index is 2.27. The molecule has 0 aromatic carbocycles. The lowest BCUT2D eigenvalue weighted by molar-refractivity contribution is -0.143. The Morgan fingerprint density at radius 3 is 2.27 bits per heavy atom. The van der Waals surface area contributed by atoms with E-state index in [0.717, 1.165) is 25.7 Å². The first-order valence-electron chi connectivity index (χ1n) is 5.75. The van der Waals surface area contributed by atoms with E-state index in [1.807, 2.05) is 13.8 Å². The molecule has 88 valence electrons. The summed E-state index contributed by atoms with van der Waals surface area (Å²) in [6, 6.07) is 0. The van der Waals surface area contributed by atoms with Gasteiger partial charge in [0, 0.05) is 6.92 Å². The van der Waals surface area contributed by atoms with Crippen molar-refractivity contribution in [1.29, 1.82) is 0 Å². The molecular formula is C12H22O3. The molecule has 0 amide bonds. The van der Waals surface area contributed by atoms with E-state index in [9.17, 15) is 9.90 Å². The predicted molar refractivity (Wildman–Crippen MR) is 58.4 cm³/mol. The Kier molecular flexibility index (Phi) is 4.14. The highest BCUT2D eigenvalue weighted by molar-refractivity contribution is 5.65. The predicted octanol–water partition coefficient (Wildman–Crippen LogP) is 2.13. The molecule has 1 fully saturated rings. The number of hydrogen-bond acceptors (Lipinski definition) is 3. The van der Waals surface area contributed by atoms with E-state index in [4.69, 9.17) is 4.74 Å². The van der Waals surface area contributed by atoms with Crippen LogP contribution in [0.5, 0.6) is 0 Å². The van der Waals surface area contributed by atoms with Crippen LogP contribution in [0.25, 0.3) is 0 Å². The van der Waals surface area contributed by atoms with Crippen LogP contribution in [0.1, 0.15) is 46.5 Å². The third kappa shape index (κ3) is 4.20. The van der Waals surface area contributed by atoms with Crippen molar-refractivity contribution in [3.05, 3.63) is 0 Å². The van der Waals surface area contributed by atoms with Crippen LogP contribution in [0.15, 0.2) is 0 Å². The molecule has 0 aliphatic heterocycles. The fraction of sp³-hybridized carbons (Fsp3) is 0.917. The quantitative estimate of drug-likeness (QED) is 0.732. The molecule has 0 bridgehead atoms. The number of hydrogen-bond donors (Lipinski definition) is 1. The molecule has 3 heteroatoms. The second-order valence-corrected chi connectivity index (χ2v) is 5.17. The molecule has 0 radical (unpaired) electrons. The van der Waals surface area contributed by atoms with Gasteiger partial charge < -0.3 is 9.84 Å². The van der Waals surface area contributed by atoms with Gasteiger partial charge in [0.25, 0.3) is 0 Å². The molecule has 0 unspecified atom stereocenters. The summed E-state index contributed by atoms with van der Waals surface area (Å²) in [5.74, 6) is 0.693. The zero-order valence-electron chi connectivity index (χ0n) is 9.95. The van der Waals surface area contributed by atoms with Gasteiger partial charge in [-0.1, -0.05) is 0 Å². The molecular weight excluding hydrogens is 192 g/mol. The summed E-state index contributed by atoms with van der Waals surface area (Å²) < 4.78 is 5.00. The van der Waals surface area contributed by atoms with Crippen molar-refractivity contribution in [3.8, 4) is 0 Å². The Morgan fingerprint density at radius 1 is 1.33 bits per heavy atom. The Labute approximate surface area is 91.8 Å². The van der Waals surface area contributed by atoms with Gasteiger partial charge in [0.1, 0.15) is 0 Å². The fourth-order valence-electron chi connectivity index (χ4n) is 2.27. The van der Waals surface area contributed by atoms with E-state index in [-0.39, 0.29) is 5.97 Å². The largest absolute Gasteiger partial charge is 0.466 e. The lowest BCUT2D eigenvalue weighted by atomic mass is 9.75. The molecule has 0 spiro atoms. The summed E-state index contributed by atoms with van der Waals surface area (Å²) in [7, 11) is 0. The van der Waals surface area contributed by atoms with E-state index in [0.29, 0.717) is 18.4 Å². The smallest absolute Gasteiger partial charge is 0.302 e. The van der Waals surface area contributed by atoms with E-state index < -0.39 is 5.60 Å². The number of ether oxygens (including phenoxy) is 1. The first-order valence-corrected chi connectivity index (χ1v) is 5.75. The van der Waals surface area contributed by atoms with Crippen molar-refractivity contribution >= 4 is 5.97 Å². The lowest BCUT2D eigenvalue weighted by Gasteiger charge is -2.35. The molecule has 0 saturated heterocycles. The summed E-state index contributed by atoms with van der Waals surface area (Å²) in [5.41, 5.74) is -0.563. The van der Waals surface area contributed by atoms with Gasteiger partial charge in [-0.05, 0) is 51.4 Å². The standard InChI is InChI=1S/C12H22O3/c1-9(13)15-8-10-4-6-11(7-5-10)12(2,3)14/h10-11,14H,4-8H2,1-3H3. The Morgan fingerprint density at radius 2 is 1.87 bits per heavy atom. The van der Waals surface area contributed by atoms with Crippen molar-refractivity contribution in [3.63, 3.8) is 0 Å². The third-order valence-corrected chi connectivity index (χ3v) is 3.37. The molecule has 0 aromatic heterocycles. The lowest BCUT2D eigenvalue weighted by Crippen LogP contribution is -2.34. The molecule has 1 aliphatic carbocycles. The van der Waals surface area contributed by atoms with Crippen molar-refractivity contribution in [2.45, 2.75) is 52.1 Å². The van der Waals surface area contributed by atoms with Crippen LogP contribution in [0.2, 0.25) is 0 Å². The van der Waals surface area contributed by atoms with Crippen LogP contribution in [0.4, 0.5) is 0 Å². The number of rotatable bonds is 3. The molecule has 1 aliphatic rings. The second kappa shape index (κ2) is 4.97. The first kappa shape index (κ1) is 12.5. The molecule has 1 saturated carbocycles. The van der Waals surface area contributed by atoms with Crippen molar-refractivity contribution in [1.82, 2.24) is 0 Å². The highest BCUT2D eigenvalue weighted by atomic mass is 16.5. The van der Waals surface area contributed by atoms with Gasteiger partial charge in [0.2, 0.25) is 0 Å². The average molecular weight is 214 g/mol. The Hall–Kier alpha value is -0.570. The maximum absolute atomic E-state index is 10.6. The molecule has 1 rings (SSSR count). The average Bonchev–Trinajstić information content (AvgIpc) is 2.14. The summed E-state index contributed by atoms with van der Waals surface area (Å²) in [5, 5.41) is 9.86. The molecule has 0 aromatic rings. The minimum absolute atomic E-state index is 0.195. The first-order chi connectivity index (χ1) is 6.89. The van der Waals surface area contributed by atoms with Crippen LogP contribution in [-0.4, -0.2) is 23.3 Å². The minimum atomic E-state index is -0.563. The summed E-state index contributed by atoms with van der Waals surface area (Å²) in [6.07, 6.45) is 4.19. The van der Waals surface area contributed by atoms with Gasteiger partial charge >= 0.3 is 5.97 Å². The summed E-state index contributed by atoms with van der Waals surface area (Å²) >= 11 is 0. The van der Waals surface area contributed by atoms with Gasteiger partial charge in [0.15, 0.2) is 0 Å². The van der Waals surface area contributed by atoms with E-state index >= 15 is 0 Å². The highest BCUT2D eigenvalue weighted by Crippen LogP contribution is 2.35. The SMILES string of the molecule is CC(=O)OCC1CCC(C(C)(C)O)CC1. The second-order valence-electron chi connectivity index (χ2n) is 5.17. The van der Waals surface area contributed by atoms with Gasteiger partial charge in [-0.3, -0.25) is 4.79 Å². The van der Waals surface area contributed by atoms with Gasteiger partial charge in [-0.15, -0.1) is 0 Å². The highest BCUT2D eigenvalue weighted by Gasteiger charge is 2.31. The molecule has 3 nitrogen and oxygen atoms in total. The van der Waals surface area contributed by atoms with Crippen LogP contribution in [-0.2, 0) is 9.53 Å². The van der Waals surface area contributed by atoms with Gasteiger partial charge in [-0.25, -0.2) is 0 Å². The minimum Gasteiger partial charge on any atom is -0.466 e. The van der Waals surface area contributed by atoms with Crippen LogP contribution in [0, 0.1) is 11.8 Å². The molecule has 0 heterocycles. The third-order valence-electron chi connectivity index (χ3n) is 3.37. The zero-order valence-corrected chi connectivity index (χ0v) is 9.95. The van der Waals surface area contributed by atoms with Crippen LogP contribution < -0.4 is 0 Å². The van der Waals surface area contributed by atoms with Crippen LogP contribution in [0.3, 0.4) is 0 Å². The molecule has 1 N–H and O–H groups in total. The van der Waals surface area contributed by atoms with E-state index in [1.165, 1.54) is 6.92 Å². The maximum Gasteiger partial charge on any atom is 0.302 e. The summed E-state index contributed by atoms with van der Waals surface area (Å²) in [4.78, 5) is 10.6. The number of carbonyl (C=O) groups excluding carboxylic acids is 1. The van der Waals surface area contributed by atoms with Crippen molar-refractivity contribution in [2.75, 3.05) is 6.61 Å². The Bertz CT molecular complexity index is 209. The van der Waals surface area contributed by atoms with Crippen molar-refractivity contribution in [2.24, 2.45) is 11.8 Å². The maximum atomic E-state index is 10.6. The topological polar surface area (TPSA) is 46.5 Å². The molecule has 15 heavy (non-hydrogen) atoms. The summed E-state index contributed by atoms with van der Waals surface area (Å²) in [6.45, 7) is 5.75. The van der Waals surface area contributed by atoms with E-state index in [1.54, 1.807) is 0 Å². The van der Waals surface area contributed by atoms with E-state index in [2.05, 4.69) is 0 Å². The monoisotopic (exact) mass is 214 g/mol. The normalized spacial score (nSPS) is 27.5. The van der Waals surface area contributed by atoms with Gasteiger partial charge in [0.05, 0.1) is 12.2 Å².